The lowest BCUT2D eigenvalue weighted by molar-refractivity contribution is -0.131. The maximum Gasteiger partial charge on any atom is 0.227 e. The molecule has 0 spiro atoms. The van der Waals surface area contributed by atoms with Crippen molar-refractivity contribution in [3.05, 3.63) is 39.4 Å². The molecule has 6 nitrogen and oxygen atoms in total. The molecule has 2 aliphatic rings. The molecule has 0 unspecified atom stereocenters. The summed E-state index contributed by atoms with van der Waals surface area (Å²) < 4.78 is 0. The van der Waals surface area contributed by atoms with E-state index in [1.165, 1.54) is 4.88 Å². The minimum Gasteiger partial charge on any atom is -0.345 e. The van der Waals surface area contributed by atoms with Crippen LogP contribution in [-0.2, 0) is 22.4 Å². The third-order valence-electron chi connectivity index (χ3n) is 6.03. The number of carbonyl (C=O) groups excluding carboxylic acids is 2. The van der Waals surface area contributed by atoms with Crippen molar-refractivity contribution < 1.29 is 9.59 Å². The molecule has 1 aromatic heterocycles. The van der Waals surface area contributed by atoms with E-state index in [-0.39, 0.29) is 17.7 Å². The van der Waals surface area contributed by atoms with E-state index in [1.54, 1.807) is 11.3 Å². The Morgan fingerprint density at radius 2 is 2.03 bits per heavy atom. The van der Waals surface area contributed by atoms with Gasteiger partial charge in [-0.25, -0.2) is 4.98 Å². The first-order valence-electron chi connectivity index (χ1n) is 10.5. The molecule has 30 heavy (non-hydrogen) atoms. The summed E-state index contributed by atoms with van der Waals surface area (Å²) in [5, 5.41) is 4.74. The van der Waals surface area contributed by atoms with Crippen LogP contribution in [0.4, 0.5) is 10.8 Å². The lowest BCUT2D eigenvalue weighted by atomic mass is 9.90. The summed E-state index contributed by atoms with van der Waals surface area (Å²) in [4.78, 5) is 35.0. The number of nitrogens with zero attached hydrogens (tertiary/aromatic N) is 3. The van der Waals surface area contributed by atoms with Crippen LogP contribution in [0.1, 0.15) is 35.9 Å². The first-order chi connectivity index (χ1) is 14.5. The maximum absolute atomic E-state index is 12.9. The number of halogens is 1. The summed E-state index contributed by atoms with van der Waals surface area (Å²) in [6.07, 6.45) is 2.92. The Bertz CT molecular complexity index is 953. The number of rotatable bonds is 4. The van der Waals surface area contributed by atoms with Gasteiger partial charge in [0.1, 0.15) is 0 Å². The molecule has 2 heterocycles. The highest BCUT2D eigenvalue weighted by molar-refractivity contribution is 7.15. The first-order valence-corrected chi connectivity index (χ1v) is 11.7. The lowest BCUT2D eigenvalue weighted by Gasteiger charge is -2.34. The van der Waals surface area contributed by atoms with Crippen LogP contribution in [0, 0.1) is 12.8 Å². The van der Waals surface area contributed by atoms with E-state index >= 15 is 0 Å². The SMILES string of the molecule is CCC(=O)N1CCN(c2nc3c(s2)C[C@@H](C(=O)Nc2cccc(Cl)c2C)CC3)CC1. The second-order valence-corrected chi connectivity index (χ2v) is 9.40. The highest BCUT2D eigenvalue weighted by Crippen LogP contribution is 2.35. The molecule has 4 rings (SSSR count). The summed E-state index contributed by atoms with van der Waals surface area (Å²) in [6.45, 7) is 6.96. The minimum atomic E-state index is -0.0526. The summed E-state index contributed by atoms with van der Waals surface area (Å²) in [5.41, 5.74) is 2.80. The molecule has 0 bridgehead atoms. The fourth-order valence-electron chi connectivity index (χ4n) is 4.07. The standard InChI is InChI=1S/C22H27ClN4O2S/c1-3-20(28)26-9-11-27(12-10-26)22-25-18-8-7-15(13-19(18)30-22)21(29)24-17-6-4-5-16(23)14(17)2/h4-6,15H,3,7-13H2,1-2H3,(H,24,29)/t15-/m0/s1. The van der Waals surface area contributed by atoms with Gasteiger partial charge >= 0.3 is 0 Å². The van der Waals surface area contributed by atoms with Crippen molar-refractivity contribution >= 4 is 45.6 Å². The number of carbonyl (C=O) groups is 2. The number of thiazole rings is 1. The second-order valence-electron chi connectivity index (χ2n) is 7.93. The Labute approximate surface area is 186 Å². The van der Waals surface area contributed by atoms with Crippen LogP contribution in [0.5, 0.6) is 0 Å². The molecular formula is C22H27ClN4O2S. The molecule has 8 heteroatoms. The maximum atomic E-state index is 12.9. The van der Waals surface area contributed by atoms with Crippen LogP contribution in [0.2, 0.25) is 5.02 Å². The van der Waals surface area contributed by atoms with Crippen LogP contribution < -0.4 is 10.2 Å². The Balaban J connectivity index is 1.39. The normalized spacial score (nSPS) is 18.8. The number of nitrogens with one attached hydrogen (secondary N) is 1. The zero-order valence-electron chi connectivity index (χ0n) is 17.4. The quantitative estimate of drug-likeness (QED) is 0.773. The van der Waals surface area contributed by atoms with Crippen molar-refractivity contribution in [1.29, 1.82) is 0 Å². The number of amides is 2. The first kappa shape index (κ1) is 21.1. The zero-order valence-corrected chi connectivity index (χ0v) is 19.0. The van der Waals surface area contributed by atoms with E-state index in [2.05, 4.69) is 10.2 Å². The van der Waals surface area contributed by atoms with Gasteiger partial charge in [0.2, 0.25) is 11.8 Å². The van der Waals surface area contributed by atoms with Gasteiger partial charge in [0.05, 0.1) is 5.69 Å². The van der Waals surface area contributed by atoms with Gasteiger partial charge in [-0.1, -0.05) is 24.6 Å². The van der Waals surface area contributed by atoms with Gasteiger partial charge in [-0.15, -0.1) is 11.3 Å². The van der Waals surface area contributed by atoms with Crippen LogP contribution in [0.15, 0.2) is 18.2 Å². The van der Waals surface area contributed by atoms with E-state index in [0.717, 1.165) is 67.5 Å². The molecule has 1 aliphatic heterocycles. The lowest BCUT2D eigenvalue weighted by Crippen LogP contribution is -2.48. The molecule has 2 aromatic rings. The number of benzene rings is 1. The van der Waals surface area contributed by atoms with E-state index < -0.39 is 0 Å². The van der Waals surface area contributed by atoms with E-state index in [9.17, 15) is 9.59 Å². The van der Waals surface area contributed by atoms with Gasteiger partial charge < -0.3 is 15.1 Å². The minimum absolute atomic E-state index is 0.0488. The molecule has 1 saturated heterocycles. The molecular weight excluding hydrogens is 420 g/mol. The number of hydrogen-bond donors (Lipinski definition) is 1. The average Bonchev–Trinajstić information content (AvgIpc) is 3.20. The van der Waals surface area contributed by atoms with Crippen molar-refractivity contribution in [1.82, 2.24) is 9.88 Å². The summed E-state index contributed by atoms with van der Waals surface area (Å²) in [5.74, 6) is 0.216. The van der Waals surface area contributed by atoms with Crippen LogP contribution in [-0.4, -0.2) is 47.9 Å². The molecule has 1 N–H and O–H groups in total. The highest BCUT2D eigenvalue weighted by Gasteiger charge is 2.30. The highest BCUT2D eigenvalue weighted by atomic mass is 35.5. The Hall–Kier alpha value is -2.12. The van der Waals surface area contributed by atoms with Crippen molar-refractivity contribution in [2.75, 3.05) is 36.4 Å². The molecule has 1 aliphatic carbocycles. The number of fused-ring (bicyclic) bond motifs is 1. The van der Waals surface area contributed by atoms with Gasteiger partial charge in [-0.2, -0.15) is 0 Å². The number of piperazine rings is 1. The van der Waals surface area contributed by atoms with Crippen molar-refractivity contribution in [2.24, 2.45) is 5.92 Å². The third kappa shape index (κ3) is 4.32. The molecule has 1 fully saturated rings. The zero-order chi connectivity index (χ0) is 21.3. The topological polar surface area (TPSA) is 65.5 Å². The summed E-state index contributed by atoms with van der Waals surface area (Å²) >= 11 is 7.88. The Morgan fingerprint density at radius 1 is 1.27 bits per heavy atom. The predicted octanol–water partition coefficient (Wildman–Crippen LogP) is 3.91. The Kier molecular flexibility index (Phi) is 6.29. The molecule has 1 aromatic carbocycles. The number of hydrogen-bond acceptors (Lipinski definition) is 5. The van der Waals surface area contributed by atoms with E-state index in [0.29, 0.717) is 11.4 Å². The molecule has 0 radical (unpaired) electrons. The van der Waals surface area contributed by atoms with Crippen LogP contribution in [0.3, 0.4) is 0 Å². The summed E-state index contributed by atoms with van der Waals surface area (Å²) in [6, 6.07) is 5.57. The van der Waals surface area contributed by atoms with Gasteiger partial charge in [0, 0.05) is 54.1 Å². The van der Waals surface area contributed by atoms with Crippen molar-refractivity contribution in [3.63, 3.8) is 0 Å². The molecule has 0 saturated carbocycles. The van der Waals surface area contributed by atoms with E-state index in [4.69, 9.17) is 16.6 Å². The van der Waals surface area contributed by atoms with Crippen molar-refractivity contribution in [3.8, 4) is 0 Å². The van der Waals surface area contributed by atoms with Gasteiger partial charge in [0.25, 0.3) is 0 Å². The predicted molar refractivity (Wildman–Crippen MR) is 122 cm³/mol. The smallest absolute Gasteiger partial charge is 0.227 e. The largest absolute Gasteiger partial charge is 0.345 e. The van der Waals surface area contributed by atoms with E-state index in [1.807, 2.05) is 36.9 Å². The average molecular weight is 447 g/mol. The third-order valence-corrected chi connectivity index (χ3v) is 7.62. The second kappa shape index (κ2) is 8.94. The number of anilines is 2. The van der Waals surface area contributed by atoms with Crippen molar-refractivity contribution in [2.45, 2.75) is 39.5 Å². The molecule has 1 atom stereocenters. The fourth-order valence-corrected chi connectivity index (χ4v) is 5.48. The van der Waals surface area contributed by atoms with Gasteiger partial charge in [-0.3, -0.25) is 9.59 Å². The number of aryl methyl sites for hydroxylation is 1. The Morgan fingerprint density at radius 3 is 2.77 bits per heavy atom. The fraction of sp³-hybridized carbons (Fsp3) is 0.500. The van der Waals surface area contributed by atoms with Crippen LogP contribution >= 0.6 is 22.9 Å². The molecule has 2 amide bonds. The molecule has 160 valence electrons. The monoisotopic (exact) mass is 446 g/mol. The summed E-state index contributed by atoms with van der Waals surface area (Å²) in [7, 11) is 0. The van der Waals surface area contributed by atoms with Gasteiger partial charge in [-0.05, 0) is 43.9 Å². The van der Waals surface area contributed by atoms with Gasteiger partial charge in [0.15, 0.2) is 5.13 Å². The van der Waals surface area contributed by atoms with Crippen LogP contribution in [0.25, 0.3) is 0 Å². The number of aromatic nitrogens is 1.